The van der Waals surface area contributed by atoms with Crippen LogP contribution in [-0.4, -0.2) is 5.11 Å². The second-order valence-corrected chi connectivity index (χ2v) is 9.32. The molecule has 0 aliphatic heterocycles. The Morgan fingerprint density at radius 2 is 1.54 bits per heavy atom. The van der Waals surface area contributed by atoms with E-state index in [2.05, 4.69) is 30.3 Å². The van der Waals surface area contributed by atoms with E-state index in [9.17, 15) is 5.11 Å². The molecule has 2 aromatic carbocycles. The van der Waals surface area contributed by atoms with Gasteiger partial charge in [-0.3, -0.25) is 0 Å². The van der Waals surface area contributed by atoms with Gasteiger partial charge < -0.3 is 5.11 Å². The zero-order valence-electron chi connectivity index (χ0n) is 15.2. The lowest BCUT2D eigenvalue weighted by Gasteiger charge is -2.58. The summed E-state index contributed by atoms with van der Waals surface area (Å²) in [6.45, 7) is 0. The van der Waals surface area contributed by atoms with Gasteiger partial charge in [0.1, 0.15) is 0 Å². The number of hydrogen-bond acceptors (Lipinski definition) is 1. The van der Waals surface area contributed by atoms with E-state index < -0.39 is 5.60 Å². The van der Waals surface area contributed by atoms with Gasteiger partial charge in [0.05, 0.1) is 5.60 Å². The minimum absolute atomic E-state index is 0.387. The molecular weight excluding hydrogens is 340 g/mol. The minimum atomic E-state index is -0.704. The summed E-state index contributed by atoms with van der Waals surface area (Å²) in [7, 11) is 0. The highest BCUT2D eigenvalue weighted by molar-refractivity contribution is 6.30. The predicted octanol–water partition coefficient (Wildman–Crippen LogP) is 6.43. The van der Waals surface area contributed by atoms with E-state index in [0.29, 0.717) is 11.8 Å². The SMILES string of the molecule is OC1(c2cc(Cl)ccc2-c2ccccc2)C2CC3CCCC(C3)CC1C2. The highest BCUT2D eigenvalue weighted by Crippen LogP contribution is 2.61. The molecule has 4 unspecified atom stereocenters. The third-order valence-corrected chi connectivity index (χ3v) is 7.67. The van der Waals surface area contributed by atoms with Gasteiger partial charge in [-0.15, -0.1) is 0 Å². The van der Waals surface area contributed by atoms with E-state index in [4.69, 9.17) is 11.6 Å². The van der Waals surface area contributed by atoms with Gasteiger partial charge in [0.15, 0.2) is 0 Å². The molecule has 0 radical (unpaired) electrons. The summed E-state index contributed by atoms with van der Waals surface area (Å²) < 4.78 is 0. The summed E-state index contributed by atoms with van der Waals surface area (Å²) in [5, 5.41) is 12.8. The van der Waals surface area contributed by atoms with Gasteiger partial charge in [0.25, 0.3) is 0 Å². The van der Waals surface area contributed by atoms with Gasteiger partial charge in [-0.05, 0) is 78.2 Å². The van der Waals surface area contributed by atoms with E-state index in [1.807, 2.05) is 18.2 Å². The average Bonchev–Trinajstić information content (AvgIpc) is 2.66. The number of aliphatic hydroxyl groups is 1. The number of rotatable bonds is 2. The van der Waals surface area contributed by atoms with Crippen LogP contribution in [0.5, 0.6) is 0 Å². The van der Waals surface area contributed by atoms with Crippen molar-refractivity contribution in [3.63, 3.8) is 0 Å². The highest BCUT2D eigenvalue weighted by atomic mass is 35.5. The fourth-order valence-electron chi connectivity index (χ4n) is 6.22. The van der Waals surface area contributed by atoms with Crippen molar-refractivity contribution in [3.05, 3.63) is 59.1 Å². The molecule has 136 valence electrons. The molecule has 1 N–H and O–H groups in total. The van der Waals surface area contributed by atoms with Gasteiger partial charge >= 0.3 is 0 Å². The molecule has 4 aliphatic carbocycles. The summed E-state index contributed by atoms with van der Waals surface area (Å²) >= 11 is 6.41. The van der Waals surface area contributed by atoms with Crippen molar-refractivity contribution in [2.45, 2.75) is 50.5 Å². The van der Waals surface area contributed by atoms with Gasteiger partial charge in [-0.1, -0.05) is 67.3 Å². The lowest BCUT2D eigenvalue weighted by atomic mass is 9.50. The van der Waals surface area contributed by atoms with Crippen molar-refractivity contribution in [2.24, 2.45) is 23.7 Å². The Labute approximate surface area is 161 Å². The van der Waals surface area contributed by atoms with Crippen molar-refractivity contribution >= 4 is 11.6 Å². The van der Waals surface area contributed by atoms with Crippen LogP contribution in [-0.2, 0) is 5.60 Å². The third-order valence-electron chi connectivity index (χ3n) is 7.44. The van der Waals surface area contributed by atoms with E-state index in [1.54, 1.807) is 0 Å². The Hall–Kier alpha value is -1.31. The lowest BCUT2D eigenvalue weighted by molar-refractivity contribution is -0.184. The smallest absolute Gasteiger partial charge is 0.0959 e. The number of benzene rings is 2. The largest absolute Gasteiger partial charge is 0.385 e. The second kappa shape index (κ2) is 6.39. The van der Waals surface area contributed by atoms with Gasteiger partial charge in [-0.25, -0.2) is 0 Å². The Morgan fingerprint density at radius 3 is 2.23 bits per heavy atom. The Kier molecular flexibility index (Phi) is 4.14. The average molecular weight is 367 g/mol. The summed E-state index contributed by atoms with van der Waals surface area (Å²) in [6.07, 6.45) is 9.05. The number of hydrogen-bond donors (Lipinski definition) is 1. The van der Waals surface area contributed by atoms with Crippen molar-refractivity contribution in [3.8, 4) is 11.1 Å². The van der Waals surface area contributed by atoms with Gasteiger partial charge in [-0.2, -0.15) is 0 Å². The Morgan fingerprint density at radius 1 is 0.846 bits per heavy atom. The van der Waals surface area contributed by atoms with Crippen LogP contribution >= 0.6 is 11.6 Å². The van der Waals surface area contributed by atoms with Crippen LogP contribution in [0, 0.1) is 23.7 Å². The zero-order valence-corrected chi connectivity index (χ0v) is 16.0. The first-order valence-electron chi connectivity index (χ1n) is 10.2. The van der Waals surface area contributed by atoms with Crippen LogP contribution in [0.4, 0.5) is 0 Å². The standard InChI is InChI=1S/C24H27ClO/c25-21-9-10-22(18-7-2-1-3-8-18)23(15-21)24(26)19-12-16-5-4-6-17(11-16)13-20(24)14-19/h1-3,7-10,15-17,19-20,26H,4-6,11-14H2. The second-order valence-electron chi connectivity index (χ2n) is 8.88. The molecule has 0 aromatic heterocycles. The Balaban J connectivity index is 1.60. The molecule has 4 aliphatic rings. The van der Waals surface area contributed by atoms with E-state index >= 15 is 0 Å². The molecule has 0 saturated heterocycles. The molecule has 4 saturated carbocycles. The summed E-state index contributed by atoms with van der Waals surface area (Å²) in [6, 6.07) is 16.6. The maximum Gasteiger partial charge on any atom is 0.0959 e. The van der Waals surface area contributed by atoms with E-state index in [-0.39, 0.29) is 0 Å². The van der Waals surface area contributed by atoms with Crippen molar-refractivity contribution in [1.29, 1.82) is 0 Å². The van der Waals surface area contributed by atoms with Crippen LogP contribution in [0.25, 0.3) is 11.1 Å². The van der Waals surface area contributed by atoms with Crippen LogP contribution in [0.3, 0.4) is 0 Å². The van der Waals surface area contributed by atoms with Crippen LogP contribution < -0.4 is 0 Å². The topological polar surface area (TPSA) is 20.2 Å². The third kappa shape index (κ3) is 2.63. The molecule has 0 amide bonds. The summed E-state index contributed by atoms with van der Waals surface area (Å²) in [5.41, 5.74) is 2.69. The fraction of sp³-hybridized carbons (Fsp3) is 0.500. The molecule has 4 atom stereocenters. The van der Waals surface area contributed by atoms with Crippen LogP contribution in [0.1, 0.15) is 50.5 Å². The predicted molar refractivity (Wildman–Crippen MR) is 107 cm³/mol. The molecular formula is C24H27ClO. The Bertz CT molecular complexity index is 781. The van der Waals surface area contributed by atoms with E-state index in [1.165, 1.54) is 50.5 Å². The van der Waals surface area contributed by atoms with Crippen molar-refractivity contribution < 1.29 is 5.11 Å². The van der Waals surface area contributed by atoms with Crippen LogP contribution in [0.2, 0.25) is 5.02 Å². The molecule has 26 heavy (non-hydrogen) atoms. The normalized spacial score (nSPS) is 35.9. The van der Waals surface area contributed by atoms with Gasteiger partial charge in [0.2, 0.25) is 0 Å². The molecule has 0 heterocycles. The maximum atomic E-state index is 12.0. The molecule has 1 nitrogen and oxygen atoms in total. The molecule has 4 fully saturated rings. The van der Waals surface area contributed by atoms with Gasteiger partial charge in [0, 0.05) is 5.02 Å². The number of halogens is 1. The maximum absolute atomic E-state index is 12.0. The quantitative estimate of drug-likeness (QED) is 0.649. The first kappa shape index (κ1) is 16.8. The van der Waals surface area contributed by atoms with Crippen molar-refractivity contribution in [1.82, 2.24) is 0 Å². The first-order valence-corrected chi connectivity index (χ1v) is 10.6. The fourth-order valence-corrected chi connectivity index (χ4v) is 6.39. The minimum Gasteiger partial charge on any atom is -0.385 e. The molecule has 2 aromatic rings. The van der Waals surface area contributed by atoms with Crippen LogP contribution in [0.15, 0.2) is 48.5 Å². The van der Waals surface area contributed by atoms with Crippen molar-refractivity contribution in [2.75, 3.05) is 0 Å². The molecule has 4 bridgehead atoms. The first-order chi connectivity index (χ1) is 12.6. The molecule has 6 rings (SSSR count). The molecule has 0 spiro atoms. The lowest BCUT2D eigenvalue weighted by Crippen LogP contribution is -2.55. The zero-order chi connectivity index (χ0) is 17.7. The highest BCUT2D eigenvalue weighted by Gasteiger charge is 2.57. The monoisotopic (exact) mass is 366 g/mol. The summed E-state index contributed by atoms with van der Waals surface area (Å²) in [5.74, 6) is 2.40. The van der Waals surface area contributed by atoms with E-state index in [0.717, 1.165) is 28.0 Å². The molecule has 2 heteroatoms. The summed E-state index contributed by atoms with van der Waals surface area (Å²) in [4.78, 5) is 0.